The molecular formula is C18H18BrN5O3S. The SMILES string of the molecule is COc1ccc(-c2nnc(SCC(=O)Nc3ccccc3Br)n2N)cc1OC. The first-order valence-corrected chi connectivity index (χ1v) is 9.91. The quantitative estimate of drug-likeness (QED) is 0.409. The third kappa shape index (κ3) is 4.39. The normalized spacial score (nSPS) is 10.5. The van der Waals surface area contributed by atoms with Gasteiger partial charge in [-0.3, -0.25) is 4.79 Å². The molecule has 0 atom stereocenters. The second kappa shape index (κ2) is 8.98. The van der Waals surface area contributed by atoms with E-state index in [0.717, 1.165) is 10.0 Å². The molecule has 0 unspecified atom stereocenters. The van der Waals surface area contributed by atoms with Crippen LogP contribution in [0.15, 0.2) is 52.1 Å². The number of nitrogens with zero attached hydrogens (tertiary/aromatic N) is 3. The van der Waals surface area contributed by atoms with Crippen LogP contribution >= 0.6 is 27.7 Å². The molecule has 0 saturated carbocycles. The van der Waals surface area contributed by atoms with Gasteiger partial charge in [0.05, 0.1) is 25.7 Å². The molecule has 0 aliphatic rings. The minimum Gasteiger partial charge on any atom is -0.493 e. The molecule has 0 saturated heterocycles. The molecule has 0 radical (unpaired) electrons. The Morgan fingerprint density at radius 3 is 2.64 bits per heavy atom. The number of nitrogens with two attached hydrogens (primary N) is 1. The predicted molar refractivity (Wildman–Crippen MR) is 112 cm³/mol. The van der Waals surface area contributed by atoms with Crippen molar-refractivity contribution in [1.29, 1.82) is 0 Å². The number of ether oxygens (including phenoxy) is 2. The van der Waals surface area contributed by atoms with Crippen LogP contribution in [0.2, 0.25) is 0 Å². The van der Waals surface area contributed by atoms with E-state index < -0.39 is 0 Å². The molecule has 146 valence electrons. The number of thioether (sulfide) groups is 1. The number of carbonyl (C=O) groups excluding carboxylic acids is 1. The Balaban J connectivity index is 1.70. The van der Waals surface area contributed by atoms with Crippen LogP contribution in [0, 0.1) is 0 Å². The van der Waals surface area contributed by atoms with E-state index in [4.69, 9.17) is 15.3 Å². The lowest BCUT2D eigenvalue weighted by molar-refractivity contribution is -0.113. The number of rotatable bonds is 7. The molecule has 10 heteroatoms. The van der Waals surface area contributed by atoms with Crippen LogP contribution in [0.5, 0.6) is 11.5 Å². The van der Waals surface area contributed by atoms with Gasteiger partial charge in [-0.25, -0.2) is 4.68 Å². The molecule has 1 amide bonds. The molecule has 3 aromatic rings. The summed E-state index contributed by atoms with van der Waals surface area (Å²) in [4.78, 5) is 12.2. The standard InChI is InChI=1S/C18H18BrN5O3S/c1-26-14-8-7-11(9-15(14)27-2)17-22-23-18(24(17)20)28-10-16(25)21-13-6-4-3-5-12(13)19/h3-9H,10,20H2,1-2H3,(H,21,25). The highest BCUT2D eigenvalue weighted by molar-refractivity contribution is 9.10. The zero-order valence-corrected chi connectivity index (χ0v) is 17.6. The van der Waals surface area contributed by atoms with E-state index in [1.807, 2.05) is 30.3 Å². The number of hydrogen-bond acceptors (Lipinski definition) is 7. The number of methoxy groups -OCH3 is 2. The number of para-hydroxylation sites is 1. The average molecular weight is 464 g/mol. The van der Waals surface area contributed by atoms with Crippen molar-refractivity contribution in [2.45, 2.75) is 5.16 Å². The lowest BCUT2D eigenvalue weighted by Crippen LogP contribution is -2.16. The lowest BCUT2D eigenvalue weighted by Gasteiger charge is -2.09. The molecule has 28 heavy (non-hydrogen) atoms. The van der Waals surface area contributed by atoms with Crippen LogP contribution < -0.4 is 20.6 Å². The van der Waals surface area contributed by atoms with Gasteiger partial charge >= 0.3 is 0 Å². The molecule has 0 aliphatic carbocycles. The first kappa shape index (κ1) is 20.0. The Labute approximate surface area is 174 Å². The van der Waals surface area contributed by atoms with Gasteiger partial charge in [-0.1, -0.05) is 23.9 Å². The Morgan fingerprint density at radius 1 is 1.18 bits per heavy atom. The van der Waals surface area contributed by atoms with Crippen LogP contribution in [-0.4, -0.2) is 40.8 Å². The van der Waals surface area contributed by atoms with Crippen molar-refractivity contribution in [3.63, 3.8) is 0 Å². The zero-order chi connectivity index (χ0) is 20.1. The molecule has 2 aromatic carbocycles. The minimum atomic E-state index is -0.174. The number of benzene rings is 2. The van der Waals surface area contributed by atoms with Gasteiger partial charge in [0.2, 0.25) is 11.1 Å². The topological polar surface area (TPSA) is 104 Å². The van der Waals surface area contributed by atoms with E-state index >= 15 is 0 Å². The zero-order valence-electron chi connectivity index (χ0n) is 15.2. The third-order valence-corrected chi connectivity index (χ3v) is 5.42. The monoisotopic (exact) mass is 463 g/mol. The van der Waals surface area contributed by atoms with Crippen LogP contribution in [0.4, 0.5) is 5.69 Å². The van der Waals surface area contributed by atoms with E-state index in [2.05, 4.69) is 31.4 Å². The molecule has 3 rings (SSSR count). The van der Waals surface area contributed by atoms with Crippen molar-refractivity contribution in [2.24, 2.45) is 0 Å². The number of nitrogens with one attached hydrogen (secondary N) is 1. The number of halogens is 1. The number of nitrogen functional groups attached to an aromatic ring is 1. The largest absolute Gasteiger partial charge is 0.493 e. The number of anilines is 1. The second-order valence-electron chi connectivity index (χ2n) is 5.56. The smallest absolute Gasteiger partial charge is 0.234 e. The molecule has 0 spiro atoms. The fourth-order valence-electron chi connectivity index (χ4n) is 2.43. The lowest BCUT2D eigenvalue weighted by atomic mass is 10.2. The van der Waals surface area contributed by atoms with E-state index in [1.54, 1.807) is 26.4 Å². The Kier molecular flexibility index (Phi) is 6.42. The highest BCUT2D eigenvalue weighted by Crippen LogP contribution is 2.32. The maximum absolute atomic E-state index is 12.2. The summed E-state index contributed by atoms with van der Waals surface area (Å²) in [6.07, 6.45) is 0. The van der Waals surface area contributed by atoms with Gasteiger partial charge in [0.25, 0.3) is 0 Å². The van der Waals surface area contributed by atoms with E-state index in [-0.39, 0.29) is 11.7 Å². The summed E-state index contributed by atoms with van der Waals surface area (Å²) in [5.74, 6) is 7.71. The summed E-state index contributed by atoms with van der Waals surface area (Å²) in [6.45, 7) is 0. The maximum atomic E-state index is 12.2. The third-order valence-electron chi connectivity index (χ3n) is 3.79. The molecule has 0 bridgehead atoms. The van der Waals surface area contributed by atoms with Gasteiger partial charge in [-0.2, -0.15) is 0 Å². The predicted octanol–water partition coefficient (Wildman–Crippen LogP) is 3.17. The fourth-order valence-corrected chi connectivity index (χ4v) is 3.47. The molecule has 1 heterocycles. The van der Waals surface area contributed by atoms with E-state index in [0.29, 0.717) is 28.2 Å². The van der Waals surface area contributed by atoms with Gasteiger partial charge in [-0.05, 0) is 46.3 Å². The number of aromatic nitrogens is 3. The van der Waals surface area contributed by atoms with Gasteiger partial charge in [0.15, 0.2) is 17.3 Å². The van der Waals surface area contributed by atoms with Crippen molar-refractivity contribution in [2.75, 3.05) is 31.1 Å². The summed E-state index contributed by atoms with van der Waals surface area (Å²) >= 11 is 4.59. The first-order chi connectivity index (χ1) is 13.5. The van der Waals surface area contributed by atoms with Gasteiger partial charge < -0.3 is 20.6 Å². The maximum Gasteiger partial charge on any atom is 0.234 e. The van der Waals surface area contributed by atoms with E-state index in [1.165, 1.54) is 16.4 Å². The van der Waals surface area contributed by atoms with Gasteiger partial charge in [-0.15, -0.1) is 10.2 Å². The van der Waals surface area contributed by atoms with Crippen molar-refractivity contribution in [3.05, 3.63) is 46.9 Å². The van der Waals surface area contributed by atoms with Crippen LogP contribution in [0.25, 0.3) is 11.4 Å². The van der Waals surface area contributed by atoms with Crippen molar-refractivity contribution >= 4 is 39.3 Å². The Hall–Kier alpha value is -2.72. The summed E-state index contributed by atoms with van der Waals surface area (Å²) < 4.78 is 12.7. The van der Waals surface area contributed by atoms with Crippen LogP contribution in [-0.2, 0) is 4.79 Å². The highest BCUT2D eigenvalue weighted by Gasteiger charge is 2.16. The molecule has 0 fully saturated rings. The van der Waals surface area contributed by atoms with Crippen LogP contribution in [0.1, 0.15) is 0 Å². The molecule has 0 aliphatic heterocycles. The summed E-state index contributed by atoms with van der Waals surface area (Å²) in [6, 6.07) is 12.7. The average Bonchev–Trinajstić information content (AvgIpc) is 3.08. The second-order valence-corrected chi connectivity index (χ2v) is 7.36. The highest BCUT2D eigenvalue weighted by atomic mass is 79.9. The summed E-state index contributed by atoms with van der Waals surface area (Å²) in [5, 5.41) is 11.5. The summed E-state index contributed by atoms with van der Waals surface area (Å²) in [5.41, 5.74) is 1.42. The van der Waals surface area contributed by atoms with Gasteiger partial charge in [0.1, 0.15) is 0 Å². The minimum absolute atomic E-state index is 0.141. The van der Waals surface area contributed by atoms with E-state index in [9.17, 15) is 4.79 Å². The molecule has 1 aromatic heterocycles. The molecule has 8 nitrogen and oxygen atoms in total. The molecule has 3 N–H and O–H groups in total. The van der Waals surface area contributed by atoms with Crippen molar-refractivity contribution in [3.8, 4) is 22.9 Å². The van der Waals surface area contributed by atoms with Crippen molar-refractivity contribution in [1.82, 2.24) is 14.9 Å². The van der Waals surface area contributed by atoms with Gasteiger partial charge in [0, 0.05) is 10.0 Å². The Bertz CT molecular complexity index is 995. The first-order valence-electron chi connectivity index (χ1n) is 8.13. The summed E-state index contributed by atoms with van der Waals surface area (Å²) in [7, 11) is 3.12. The number of hydrogen-bond donors (Lipinski definition) is 2. The number of amides is 1. The Morgan fingerprint density at radius 2 is 1.93 bits per heavy atom. The fraction of sp³-hybridized carbons (Fsp3) is 0.167. The van der Waals surface area contributed by atoms with Crippen LogP contribution in [0.3, 0.4) is 0 Å². The molecular weight excluding hydrogens is 446 g/mol. The number of carbonyl (C=O) groups is 1. The van der Waals surface area contributed by atoms with Crippen molar-refractivity contribution < 1.29 is 14.3 Å².